The fraction of sp³-hybridized carbons (Fsp3) is 0.500. The third-order valence-electron chi connectivity index (χ3n) is 4.17. The highest BCUT2D eigenvalue weighted by molar-refractivity contribution is 7.99. The first-order valence-corrected chi connectivity index (χ1v) is 8.87. The molecule has 0 N–H and O–H groups in total. The molecule has 0 bridgehead atoms. The number of rotatable bonds is 7. The number of ketones is 1. The van der Waals surface area contributed by atoms with Crippen molar-refractivity contribution in [1.29, 1.82) is 0 Å². The second-order valence-electron chi connectivity index (χ2n) is 5.62. The fourth-order valence-electron chi connectivity index (χ4n) is 2.90. The molecule has 0 radical (unpaired) electrons. The predicted octanol–water partition coefficient (Wildman–Crippen LogP) is 2.78. The lowest BCUT2D eigenvalue weighted by Gasteiger charge is -2.11. The molecule has 0 unspecified atom stereocenters. The molecular formula is C16H20N4O3S. The predicted molar refractivity (Wildman–Crippen MR) is 89.9 cm³/mol. The van der Waals surface area contributed by atoms with Crippen LogP contribution in [-0.2, 0) is 0 Å². The molecule has 3 rings (SSSR count). The third-order valence-corrected chi connectivity index (χ3v) is 5.11. The van der Waals surface area contributed by atoms with E-state index in [4.69, 9.17) is 9.47 Å². The molecule has 1 aromatic heterocycles. The second-order valence-corrected chi connectivity index (χ2v) is 6.56. The molecule has 128 valence electrons. The summed E-state index contributed by atoms with van der Waals surface area (Å²) < 4.78 is 12.3. The maximum atomic E-state index is 12.6. The summed E-state index contributed by atoms with van der Waals surface area (Å²) in [6.45, 7) is 0. The van der Waals surface area contributed by atoms with Crippen LogP contribution in [0, 0.1) is 0 Å². The molecule has 2 aromatic rings. The maximum absolute atomic E-state index is 12.6. The first kappa shape index (κ1) is 16.8. The van der Waals surface area contributed by atoms with Crippen molar-refractivity contribution >= 4 is 17.5 Å². The van der Waals surface area contributed by atoms with Gasteiger partial charge in [-0.3, -0.25) is 4.79 Å². The average molecular weight is 348 g/mol. The number of hydrogen-bond donors (Lipinski definition) is 0. The van der Waals surface area contributed by atoms with Crippen LogP contribution in [0.4, 0.5) is 0 Å². The Balaban J connectivity index is 1.71. The quantitative estimate of drug-likeness (QED) is 0.562. The van der Waals surface area contributed by atoms with Crippen LogP contribution in [0.2, 0.25) is 0 Å². The lowest BCUT2D eigenvalue weighted by Crippen LogP contribution is -2.10. The van der Waals surface area contributed by atoms with Gasteiger partial charge in [0.1, 0.15) is 11.5 Å². The van der Waals surface area contributed by atoms with Crippen LogP contribution in [0.25, 0.3) is 0 Å². The lowest BCUT2D eigenvalue weighted by molar-refractivity contribution is 0.101. The zero-order valence-electron chi connectivity index (χ0n) is 13.8. The maximum Gasteiger partial charge on any atom is 0.210 e. The Morgan fingerprint density at radius 3 is 2.79 bits per heavy atom. The Hall–Kier alpha value is -2.09. The van der Waals surface area contributed by atoms with Crippen molar-refractivity contribution in [1.82, 2.24) is 20.2 Å². The molecule has 8 heteroatoms. The summed E-state index contributed by atoms with van der Waals surface area (Å²) in [6.07, 6.45) is 4.59. The number of ether oxygens (including phenoxy) is 2. The molecule has 1 fully saturated rings. The van der Waals surface area contributed by atoms with E-state index >= 15 is 0 Å². The molecule has 1 saturated carbocycles. The topological polar surface area (TPSA) is 79.1 Å². The molecule has 1 aliphatic carbocycles. The first-order chi connectivity index (χ1) is 11.7. The van der Waals surface area contributed by atoms with Crippen molar-refractivity contribution in [3.63, 3.8) is 0 Å². The summed E-state index contributed by atoms with van der Waals surface area (Å²) in [5.41, 5.74) is 0.504. The summed E-state index contributed by atoms with van der Waals surface area (Å²) in [5, 5.41) is 12.6. The first-order valence-electron chi connectivity index (χ1n) is 7.89. The number of methoxy groups -OCH3 is 2. The van der Waals surface area contributed by atoms with Gasteiger partial charge in [-0.25, -0.2) is 4.68 Å². The molecule has 24 heavy (non-hydrogen) atoms. The Bertz CT molecular complexity index is 713. The molecule has 1 heterocycles. The van der Waals surface area contributed by atoms with E-state index in [1.807, 2.05) is 4.68 Å². The van der Waals surface area contributed by atoms with Crippen molar-refractivity contribution in [3.05, 3.63) is 23.8 Å². The van der Waals surface area contributed by atoms with Crippen LogP contribution < -0.4 is 9.47 Å². The summed E-state index contributed by atoms with van der Waals surface area (Å²) in [6, 6.07) is 5.55. The molecule has 0 aliphatic heterocycles. The van der Waals surface area contributed by atoms with E-state index in [0.717, 1.165) is 12.8 Å². The monoisotopic (exact) mass is 348 g/mol. The van der Waals surface area contributed by atoms with Crippen LogP contribution >= 0.6 is 11.8 Å². The van der Waals surface area contributed by atoms with Crippen LogP contribution in [0.1, 0.15) is 42.1 Å². The van der Waals surface area contributed by atoms with Gasteiger partial charge in [0, 0.05) is 0 Å². The van der Waals surface area contributed by atoms with Gasteiger partial charge in [-0.2, -0.15) is 0 Å². The second kappa shape index (κ2) is 7.65. The minimum Gasteiger partial charge on any atom is -0.497 e. The van der Waals surface area contributed by atoms with Crippen LogP contribution in [0.3, 0.4) is 0 Å². The minimum absolute atomic E-state index is 0.0447. The summed E-state index contributed by atoms with van der Waals surface area (Å²) in [4.78, 5) is 12.6. The highest BCUT2D eigenvalue weighted by atomic mass is 32.2. The summed E-state index contributed by atoms with van der Waals surface area (Å²) in [7, 11) is 3.12. The highest BCUT2D eigenvalue weighted by Gasteiger charge is 2.22. The van der Waals surface area contributed by atoms with E-state index in [1.165, 1.54) is 24.6 Å². The van der Waals surface area contributed by atoms with E-state index in [9.17, 15) is 4.79 Å². The minimum atomic E-state index is -0.0447. The molecule has 1 aliphatic rings. The molecule has 0 saturated heterocycles. The molecule has 0 atom stereocenters. The van der Waals surface area contributed by atoms with Crippen molar-refractivity contribution < 1.29 is 14.3 Å². The van der Waals surface area contributed by atoms with E-state index in [-0.39, 0.29) is 11.5 Å². The smallest absolute Gasteiger partial charge is 0.210 e. The molecule has 0 spiro atoms. The van der Waals surface area contributed by atoms with Gasteiger partial charge in [0.25, 0.3) is 0 Å². The third kappa shape index (κ3) is 3.53. The summed E-state index contributed by atoms with van der Waals surface area (Å²) >= 11 is 1.36. The van der Waals surface area contributed by atoms with Gasteiger partial charge < -0.3 is 9.47 Å². The van der Waals surface area contributed by atoms with Crippen molar-refractivity contribution in [3.8, 4) is 11.5 Å². The average Bonchev–Trinajstić information content (AvgIpc) is 3.29. The molecule has 7 nitrogen and oxygen atoms in total. The summed E-state index contributed by atoms with van der Waals surface area (Å²) in [5.74, 6) is 1.37. The Morgan fingerprint density at radius 2 is 2.08 bits per heavy atom. The van der Waals surface area contributed by atoms with Gasteiger partial charge in [-0.15, -0.1) is 5.10 Å². The molecule has 0 amide bonds. The van der Waals surface area contributed by atoms with Gasteiger partial charge in [-0.05, 0) is 41.5 Å². The largest absolute Gasteiger partial charge is 0.497 e. The van der Waals surface area contributed by atoms with Gasteiger partial charge in [-0.1, -0.05) is 24.6 Å². The number of carbonyl (C=O) groups is 1. The van der Waals surface area contributed by atoms with Gasteiger partial charge in [0.05, 0.1) is 31.6 Å². The van der Waals surface area contributed by atoms with Crippen LogP contribution in [-0.4, -0.2) is 46.0 Å². The highest BCUT2D eigenvalue weighted by Crippen LogP contribution is 2.32. The number of benzene rings is 1. The Kier molecular flexibility index (Phi) is 5.34. The van der Waals surface area contributed by atoms with E-state index < -0.39 is 0 Å². The standard InChI is InChI=1S/C16H20N4O3S/c1-22-12-7-8-15(23-2)13(9-12)14(21)10-24-16-17-18-19-20(16)11-5-3-4-6-11/h7-9,11H,3-6,10H2,1-2H3. The zero-order valence-corrected chi connectivity index (χ0v) is 14.6. The van der Waals surface area contributed by atoms with Crippen molar-refractivity contribution in [2.75, 3.05) is 20.0 Å². The van der Waals surface area contributed by atoms with Gasteiger partial charge in [0.15, 0.2) is 5.78 Å². The van der Waals surface area contributed by atoms with E-state index in [1.54, 1.807) is 32.4 Å². The molecular weight excluding hydrogens is 328 g/mol. The van der Waals surface area contributed by atoms with E-state index in [0.29, 0.717) is 28.3 Å². The SMILES string of the molecule is COc1ccc(OC)c(C(=O)CSc2nnnn2C2CCCC2)c1. The number of nitrogens with zero attached hydrogens (tertiary/aromatic N) is 4. The number of aromatic nitrogens is 4. The van der Waals surface area contributed by atoms with E-state index in [2.05, 4.69) is 15.5 Å². The number of tetrazole rings is 1. The van der Waals surface area contributed by atoms with Crippen LogP contribution in [0.5, 0.6) is 11.5 Å². The number of hydrogen-bond acceptors (Lipinski definition) is 7. The number of thioether (sulfide) groups is 1. The van der Waals surface area contributed by atoms with Crippen LogP contribution in [0.15, 0.2) is 23.4 Å². The zero-order chi connectivity index (χ0) is 16.9. The van der Waals surface area contributed by atoms with Crippen molar-refractivity contribution in [2.24, 2.45) is 0 Å². The van der Waals surface area contributed by atoms with Gasteiger partial charge >= 0.3 is 0 Å². The Morgan fingerprint density at radius 1 is 1.29 bits per heavy atom. The van der Waals surface area contributed by atoms with Gasteiger partial charge in [0.2, 0.25) is 5.16 Å². The lowest BCUT2D eigenvalue weighted by atomic mass is 10.1. The van der Waals surface area contributed by atoms with Crippen molar-refractivity contribution in [2.45, 2.75) is 36.9 Å². The molecule has 1 aromatic carbocycles. The number of Topliss-reactive ketones (excluding diaryl/α,β-unsaturated/α-hetero) is 1. The fourth-order valence-corrected chi connectivity index (χ4v) is 3.73. The normalized spacial score (nSPS) is 14.8. The number of carbonyl (C=O) groups excluding carboxylic acids is 1. The Labute approximate surface area is 144 Å².